The molecular formula is C17H22N4O3. The van der Waals surface area contributed by atoms with Crippen molar-refractivity contribution < 1.29 is 15.0 Å². The van der Waals surface area contributed by atoms with Gasteiger partial charge in [0.1, 0.15) is 11.2 Å². The van der Waals surface area contributed by atoms with Gasteiger partial charge in [-0.1, -0.05) is 30.3 Å². The molecule has 7 nitrogen and oxygen atoms in total. The molecule has 0 spiro atoms. The number of hydrogen-bond acceptors (Lipinski definition) is 5. The first-order valence-corrected chi connectivity index (χ1v) is 8.00. The first-order chi connectivity index (χ1) is 11.4. The predicted octanol–water partition coefficient (Wildman–Crippen LogP) is 1.01. The Hall–Kier alpha value is -2.41. The van der Waals surface area contributed by atoms with Gasteiger partial charge in [0, 0.05) is 20.1 Å². The largest absolute Gasteiger partial charge is 0.481 e. The van der Waals surface area contributed by atoms with E-state index in [1.807, 2.05) is 35.2 Å². The summed E-state index contributed by atoms with van der Waals surface area (Å²) < 4.78 is 1.66. The molecule has 1 saturated heterocycles. The summed E-state index contributed by atoms with van der Waals surface area (Å²) in [7, 11) is 1.80. The van der Waals surface area contributed by atoms with Gasteiger partial charge in [0.25, 0.3) is 0 Å². The van der Waals surface area contributed by atoms with E-state index in [1.54, 1.807) is 18.7 Å². The second-order valence-electron chi connectivity index (χ2n) is 6.42. The van der Waals surface area contributed by atoms with Gasteiger partial charge in [0.2, 0.25) is 5.95 Å². The van der Waals surface area contributed by atoms with Gasteiger partial charge in [-0.15, -0.1) is 0 Å². The number of aliphatic hydroxyl groups is 1. The van der Waals surface area contributed by atoms with Crippen LogP contribution in [0.3, 0.4) is 0 Å². The molecule has 2 atom stereocenters. The van der Waals surface area contributed by atoms with Gasteiger partial charge in [0.05, 0.1) is 6.10 Å². The summed E-state index contributed by atoms with van der Waals surface area (Å²) in [4.78, 5) is 18.3. The molecule has 1 aliphatic rings. The second-order valence-corrected chi connectivity index (χ2v) is 6.42. The van der Waals surface area contributed by atoms with E-state index in [4.69, 9.17) is 0 Å². The van der Waals surface area contributed by atoms with E-state index in [-0.39, 0.29) is 6.54 Å². The van der Waals surface area contributed by atoms with Crippen molar-refractivity contribution >= 4 is 11.9 Å². The molecule has 128 valence electrons. The molecule has 1 fully saturated rings. The number of carboxylic acids is 1. The van der Waals surface area contributed by atoms with E-state index < -0.39 is 17.5 Å². The number of nitrogens with zero attached hydrogens (tertiary/aromatic N) is 4. The van der Waals surface area contributed by atoms with Crippen molar-refractivity contribution in [2.75, 3.05) is 18.0 Å². The summed E-state index contributed by atoms with van der Waals surface area (Å²) in [6.45, 7) is 2.55. The maximum Gasteiger partial charge on any atom is 0.312 e. The molecule has 0 unspecified atom stereocenters. The highest BCUT2D eigenvalue weighted by Gasteiger charge is 2.49. The Morgan fingerprint density at radius 2 is 2.08 bits per heavy atom. The quantitative estimate of drug-likeness (QED) is 0.869. The molecule has 1 aromatic carbocycles. The maximum absolute atomic E-state index is 12.0. The Morgan fingerprint density at radius 3 is 2.62 bits per heavy atom. The van der Waals surface area contributed by atoms with Gasteiger partial charge in [-0.05, 0) is 25.3 Å². The number of carboxylic acid groups (broad SMARTS) is 1. The van der Waals surface area contributed by atoms with Gasteiger partial charge in [-0.2, -0.15) is 10.1 Å². The number of rotatable bonds is 4. The van der Waals surface area contributed by atoms with Crippen molar-refractivity contribution in [3.8, 4) is 0 Å². The minimum absolute atomic E-state index is 0.227. The monoisotopic (exact) mass is 330 g/mol. The molecule has 2 aromatic rings. The number of piperidine rings is 1. The number of anilines is 1. The average molecular weight is 330 g/mol. The lowest BCUT2D eigenvalue weighted by Gasteiger charge is -2.43. The zero-order valence-corrected chi connectivity index (χ0v) is 13.9. The van der Waals surface area contributed by atoms with Crippen molar-refractivity contribution in [2.45, 2.75) is 25.9 Å². The number of β-amino-alcohol motifs (C(OH)–C–C–N with tert-alkyl or cyclic N) is 1. The number of benzene rings is 1. The van der Waals surface area contributed by atoms with Crippen molar-refractivity contribution in [1.82, 2.24) is 14.8 Å². The minimum atomic E-state index is -1.18. The zero-order chi connectivity index (χ0) is 17.3. The summed E-state index contributed by atoms with van der Waals surface area (Å²) in [5, 5.41) is 24.7. The SMILES string of the molecule is Cc1nc(N2CC[C@](Cc3ccccc3)(C(=O)O)[C@@H](O)C2)n(C)n1. The van der Waals surface area contributed by atoms with E-state index in [0.29, 0.717) is 31.2 Å². The van der Waals surface area contributed by atoms with Gasteiger partial charge in [0.15, 0.2) is 0 Å². The molecule has 2 N–H and O–H groups in total. The van der Waals surface area contributed by atoms with Gasteiger partial charge in [-0.25, -0.2) is 4.68 Å². The van der Waals surface area contributed by atoms with E-state index in [2.05, 4.69) is 10.1 Å². The summed E-state index contributed by atoms with van der Waals surface area (Å²) in [5.74, 6) is 0.360. The first kappa shape index (κ1) is 16.4. The molecule has 0 radical (unpaired) electrons. The van der Waals surface area contributed by atoms with Crippen LogP contribution in [0, 0.1) is 12.3 Å². The highest BCUT2D eigenvalue weighted by molar-refractivity contribution is 5.76. The third kappa shape index (κ3) is 2.87. The number of aliphatic carboxylic acids is 1. The lowest BCUT2D eigenvalue weighted by atomic mass is 9.72. The lowest BCUT2D eigenvalue weighted by Crippen LogP contribution is -2.56. The van der Waals surface area contributed by atoms with E-state index in [0.717, 1.165) is 5.56 Å². The third-order valence-electron chi connectivity index (χ3n) is 4.78. The molecule has 0 saturated carbocycles. The number of carbonyl (C=O) groups is 1. The van der Waals surface area contributed by atoms with E-state index >= 15 is 0 Å². The van der Waals surface area contributed by atoms with Crippen LogP contribution in [0.1, 0.15) is 17.8 Å². The fraction of sp³-hybridized carbons (Fsp3) is 0.471. The Kier molecular flexibility index (Phi) is 4.28. The molecule has 0 amide bonds. The highest BCUT2D eigenvalue weighted by Crippen LogP contribution is 2.37. The first-order valence-electron chi connectivity index (χ1n) is 8.00. The second kappa shape index (κ2) is 6.24. The summed E-state index contributed by atoms with van der Waals surface area (Å²) in [6, 6.07) is 9.46. The molecule has 2 heterocycles. The molecular weight excluding hydrogens is 308 g/mol. The molecule has 24 heavy (non-hydrogen) atoms. The smallest absolute Gasteiger partial charge is 0.312 e. The average Bonchev–Trinajstić information content (AvgIpc) is 2.88. The molecule has 1 aliphatic heterocycles. The Morgan fingerprint density at radius 1 is 1.38 bits per heavy atom. The number of aliphatic hydroxyl groups excluding tert-OH is 1. The van der Waals surface area contributed by atoms with Crippen molar-refractivity contribution in [3.05, 3.63) is 41.7 Å². The van der Waals surface area contributed by atoms with Crippen molar-refractivity contribution in [3.63, 3.8) is 0 Å². The Balaban J connectivity index is 1.83. The summed E-state index contributed by atoms with van der Waals surface area (Å²) in [5.41, 5.74) is -0.257. The number of aryl methyl sites for hydroxylation is 2. The summed E-state index contributed by atoms with van der Waals surface area (Å²) in [6.07, 6.45) is -0.318. The number of hydrogen-bond donors (Lipinski definition) is 2. The molecule has 7 heteroatoms. The fourth-order valence-corrected chi connectivity index (χ4v) is 3.43. The molecule has 3 rings (SSSR count). The summed E-state index contributed by atoms with van der Waals surface area (Å²) >= 11 is 0. The highest BCUT2D eigenvalue weighted by atomic mass is 16.4. The third-order valence-corrected chi connectivity index (χ3v) is 4.78. The van der Waals surface area contributed by atoms with Crippen molar-refractivity contribution in [1.29, 1.82) is 0 Å². The molecule has 1 aromatic heterocycles. The number of aromatic nitrogens is 3. The van der Waals surface area contributed by atoms with Gasteiger partial charge >= 0.3 is 5.97 Å². The van der Waals surface area contributed by atoms with Crippen molar-refractivity contribution in [2.24, 2.45) is 12.5 Å². The normalized spacial score (nSPS) is 24.1. The maximum atomic E-state index is 12.0. The Labute approximate surface area is 140 Å². The van der Waals surface area contributed by atoms with Crippen LogP contribution in [0.4, 0.5) is 5.95 Å². The Bertz CT molecular complexity index is 731. The van der Waals surface area contributed by atoms with Crippen LogP contribution < -0.4 is 4.90 Å². The van der Waals surface area contributed by atoms with Crippen LogP contribution in [-0.4, -0.2) is 50.1 Å². The van der Waals surface area contributed by atoms with Crippen LogP contribution in [-0.2, 0) is 18.3 Å². The lowest BCUT2D eigenvalue weighted by molar-refractivity contribution is -0.158. The van der Waals surface area contributed by atoms with Gasteiger partial charge < -0.3 is 15.1 Å². The minimum Gasteiger partial charge on any atom is -0.481 e. The van der Waals surface area contributed by atoms with E-state index in [1.165, 1.54) is 0 Å². The van der Waals surface area contributed by atoms with Crippen LogP contribution in [0.5, 0.6) is 0 Å². The molecule has 0 aliphatic carbocycles. The zero-order valence-electron chi connectivity index (χ0n) is 13.9. The van der Waals surface area contributed by atoms with Crippen LogP contribution in [0.25, 0.3) is 0 Å². The fourth-order valence-electron chi connectivity index (χ4n) is 3.43. The standard InChI is InChI=1S/C17H22N4O3/c1-12-18-16(20(2)19-12)21-9-8-17(15(23)24,14(22)11-21)10-13-6-4-3-5-7-13/h3-7,14,22H,8-11H2,1-2H3,(H,23,24)/t14-,17+/m0/s1. The van der Waals surface area contributed by atoms with Crippen LogP contribution in [0.15, 0.2) is 30.3 Å². The topological polar surface area (TPSA) is 91.5 Å². The van der Waals surface area contributed by atoms with E-state index in [9.17, 15) is 15.0 Å². The van der Waals surface area contributed by atoms with Gasteiger partial charge in [-0.3, -0.25) is 4.79 Å². The van der Waals surface area contributed by atoms with Crippen LogP contribution in [0.2, 0.25) is 0 Å². The van der Waals surface area contributed by atoms with Crippen LogP contribution >= 0.6 is 0 Å². The molecule has 0 bridgehead atoms. The predicted molar refractivity (Wildman–Crippen MR) is 88.8 cm³/mol.